The van der Waals surface area contributed by atoms with E-state index < -0.39 is 75.2 Å². The Morgan fingerprint density at radius 3 is 2.28 bits per heavy atom. The Hall–Kier alpha value is -2.58. The van der Waals surface area contributed by atoms with E-state index in [1.807, 2.05) is 0 Å². The first-order valence-corrected chi connectivity index (χ1v) is 13.8. The molecule has 4 rings (SSSR count). The lowest BCUT2D eigenvalue weighted by Crippen LogP contribution is -2.52. The second kappa shape index (κ2) is 10.8. The summed E-state index contributed by atoms with van der Waals surface area (Å²) in [7, 11) is -1.83. The van der Waals surface area contributed by atoms with E-state index in [9.17, 15) is 42.4 Å². The standard InChI is InChI=1S/C26H30F5N3O4S/c1-13-17(27)8-14(9-18(13)28)19-10-34(33-32-19)22-20(36)12-39(21(11-35)23(22)37)24(25(2,3)38)15-6-4-5-7-16(15)26(29,30)31/h4-10,20-24,35-39H,11-12H2,1-3H3/t20-,21+,22-,23-,24+/m0/s1. The van der Waals surface area contributed by atoms with Gasteiger partial charge in [0.2, 0.25) is 0 Å². The van der Waals surface area contributed by atoms with E-state index in [1.165, 1.54) is 45.2 Å². The Kier molecular flexibility index (Phi) is 8.12. The minimum Gasteiger partial charge on any atom is -0.395 e. The average Bonchev–Trinajstić information content (AvgIpc) is 3.31. The minimum atomic E-state index is -4.72. The van der Waals surface area contributed by atoms with Crippen LogP contribution in [0, 0.1) is 18.6 Å². The summed E-state index contributed by atoms with van der Waals surface area (Å²) in [6, 6.07) is 5.80. The van der Waals surface area contributed by atoms with Gasteiger partial charge in [-0.1, -0.05) is 23.4 Å². The van der Waals surface area contributed by atoms with Gasteiger partial charge in [0, 0.05) is 27.4 Å². The predicted octanol–water partition coefficient (Wildman–Crippen LogP) is 3.70. The Bertz CT molecular complexity index is 1310. The molecule has 13 heteroatoms. The average molecular weight is 576 g/mol. The molecule has 0 amide bonds. The van der Waals surface area contributed by atoms with E-state index in [0.29, 0.717) is 0 Å². The minimum absolute atomic E-state index is 0.0639. The maximum atomic E-state index is 14.1. The van der Waals surface area contributed by atoms with Crippen LogP contribution in [-0.2, 0) is 6.18 Å². The van der Waals surface area contributed by atoms with Crippen LogP contribution < -0.4 is 0 Å². The predicted molar refractivity (Wildman–Crippen MR) is 136 cm³/mol. The topological polar surface area (TPSA) is 112 Å². The Morgan fingerprint density at radius 2 is 1.72 bits per heavy atom. The zero-order chi connectivity index (χ0) is 28.9. The number of rotatable bonds is 6. The molecule has 0 radical (unpaired) electrons. The summed E-state index contributed by atoms with van der Waals surface area (Å²) in [6.45, 7) is 3.36. The Labute approximate surface area is 224 Å². The highest BCUT2D eigenvalue weighted by atomic mass is 32.2. The van der Waals surface area contributed by atoms with Gasteiger partial charge in [-0.15, -0.1) is 5.10 Å². The third-order valence-corrected chi connectivity index (χ3v) is 10.8. The fraction of sp³-hybridized carbons (Fsp3) is 0.462. The number of alkyl halides is 3. The van der Waals surface area contributed by atoms with Crippen LogP contribution in [0.1, 0.15) is 41.8 Å². The molecular formula is C26H30F5N3O4S. The van der Waals surface area contributed by atoms with Gasteiger partial charge in [-0.3, -0.25) is 0 Å². The molecule has 1 saturated heterocycles. The van der Waals surface area contributed by atoms with Gasteiger partial charge in [-0.05, 0) is 44.5 Å². The highest BCUT2D eigenvalue weighted by Gasteiger charge is 2.50. The van der Waals surface area contributed by atoms with Crippen molar-refractivity contribution in [3.05, 3.63) is 70.9 Å². The molecule has 1 fully saturated rings. The van der Waals surface area contributed by atoms with Crippen molar-refractivity contribution in [2.45, 2.75) is 61.3 Å². The monoisotopic (exact) mass is 575 g/mol. The van der Waals surface area contributed by atoms with Gasteiger partial charge in [0.05, 0.1) is 36.2 Å². The lowest BCUT2D eigenvalue weighted by Gasteiger charge is -2.51. The summed E-state index contributed by atoms with van der Waals surface area (Å²) in [6.07, 6.45) is -6.27. The number of aliphatic hydroxyl groups is 4. The van der Waals surface area contributed by atoms with Crippen LogP contribution in [-0.4, -0.2) is 70.8 Å². The SMILES string of the molecule is Cc1c(F)cc(-c2cn([C@@H]3[C@@H](O)[C@@H](CO)[SH]([C@H](c4ccccc4C(F)(F)F)C(C)(C)O)C[C@@H]3O)nn2)cc1F. The number of benzene rings is 2. The normalized spacial score (nSPS) is 26.0. The summed E-state index contributed by atoms with van der Waals surface area (Å²) in [5, 5.41) is 49.4. The van der Waals surface area contributed by atoms with Gasteiger partial charge in [0.1, 0.15) is 23.4 Å². The molecule has 214 valence electrons. The number of nitrogens with zero attached hydrogens (tertiary/aromatic N) is 3. The molecule has 2 heterocycles. The number of hydrogen-bond acceptors (Lipinski definition) is 6. The molecule has 0 aliphatic carbocycles. The molecule has 7 nitrogen and oxygen atoms in total. The summed E-state index contributed by atoms with van der Waals surface area (Å²) >= 11 is 0. The molecule has 39 heavy (non-hydrogen) atoms. The van der Waals surface area contributed by atoms with Gasteiger partial charge in [0.25, 0.3) is 0 Å². The molecule has 1 aliphatic heterocycles. The summed E-state index contributed by atoms with van der Waals surface area (Å²) < 4.78 is 71.0. The fourth-order valence-corrected chi connectivity index (χ4v) is 8.94. The van der Waals surface area contributed by atoms with Crippen molar-refractivity contribution in [2.75, 3.05) is 12.4 Å². The number of aliphatic hydroxyl groups excluding tert-OH is 3. The number of thiol groups is 1. The van der Waals surface area contributed by atoms with Gasteiger partial charge < -0.3 is 20.4 Å². The molecule has 4 N–H and O–H groups in total. The maximum absolute atomic E-state index is 14.1. The number of aromatic nitrogens is 3. The first-order valence-electron chi connectivity index (χ1n) is 12.1. The Balaban J connectivity index is 1.71. The molecule has 2 aromatic carbocycles. The van der Waals surface area contributed by atoms with Gasteiger partial charge >= 0.3 is 6.18 Å². The molecule has 3 aromatic rings. The van der Waals surface area contributed by atoms with Gasteiger partial charge in [-0.25, -0.2) is 24.4 Å². The molecule has 0 bridgehead atoms. The second-order valence-corrected chi connectivity index (χ2v) is 12.9. The highest BCUT2D eigenvalue weighted by molar-refractivity contribution is 8.18. The van der Waals surface area contributed by atoms with Crippen molar-refractivity contribution in [3.8, 4) is 11.3 Å². The summed E-state index contributed by atoms with van der Waals surface area (Å²) in [5.41, 5.74) is -2.86. The first-order chi connectivity index (χ1) is 18.1. The zero-order valence-electron chi connectivity index (χ0n) is 21.3. The smallest absolute Gasteiger partial charge is 0.395 e. The summed E-state index contributed by atoms with van der Waals surface area (Å²) in [4.78, 5) is 0. The third kappa shape index (κ3) is 5.68. The second-order valence-electron chi connectivity index (χ2n) is 10.3. The molecule has 0 saturated carbocycles. The maximum Gasteiger partial charge on any atom is 0.416 e. The van der Waals surface area contributed by atoms with Gasteiger partial charge in [0.15, 0.2) is 0 Å². The zero-order valence-corrected chi connectivity index (χ0v) is 22.2. The van der Waals surface area contributed by atoms with Crippen LogP contribution >= 0.6 is 10.9 Å². The van der Waals surface area contributed by atoms with Crippen LogP contribution in [0.4, 0.5) is 22.0 Å². The van der Waals surface area contributed by atoms with Crippen molar-refractivity contribution < 1.29 is 42.4 Å². The van der Waals surface area contributed by atoms with E-state index in [1.54, 1.807) is 0 Å². The molecule has 1 aliphatic rings. The molecule has 1 unspecified atom stereocenters. The van der Waals surface area contributed by atoms with Crippen molar-refractivity contribution in [3.63, 3.8) is 0 Å². The van der Waals surface area contributed by atoms with Crippen molar-refractivity contribution in [2.24, 2.45) is 0 Å². The van der Waals surface area contributed by atoms with E-state index in [4.69, 9.17) is 0 Å². The van der Waals surface area contributed by atoms with Crippen molar-refractivity contribution >= 4 is 10.9 Å². The quantitative estimate of drug-likeness (QED) is 0.227. The molecule has 6 atom stereocenters. The molecular weight excluding hydrogens is 545 g/mol. The van der Waals surface area contributed by atoms with Gasteiger partial charge in [-0.2, -0.15) is 13.2 Å². The van der Waals surface area contributed by atoms with Crippen molar-refractivity contribution in [1.29, 1.82) is 0 Å². The van der Waals surface area contributed by atoms with E-state index in [2.05, 4.69) is 10.3 Å². The van der Waals surface area contributed by atoms with Crippen LogP contribution in [0.25, 0.3) is 11.3 Å². The fourth-order valence-electron chi connectivity index (χ4n) is 5.26. The van der Waals surface area contributed by atoms with Crippen LogP contribution in [0.15, 0.2) is 42.6 Å². The highest BCUT2D eigenvalue weighted by Crippen LogP contribution is 2.58. The van der Waals surface area contributed by atoms with E-state index >= 15 is 0 Å². The largest absolute Gasteiger partial charge is 0.416 e. The molecule has 0 spiro atoms. The summed E-state index contributed by atoms with van der Waals surface area (Å²) in [5.74, 6) is -1.72. The molecule has 1 aromatic heterocycles. The van der Waals surface area contributed by atoms with Crippen LogP contribution in [0.5, 0.6) is 0 Å². The lowest BCUT2D eigenvalue weighted by atomic mass is 9.93. The van der Waals surface area contributed by atoms with E-state index in [-0.39, 0.29) is 28.1 Å². The Morgan fingerprint density at radius 1 is 1.10 bits per heavy atom. The van der Waals surface area contributed by atoms with Crippen LogP contribution in [0.2, 0.25) is 0 Å². The van der Waals surface area contributed by atoms with Crippen molar-refractivity contribution in [1.82, 2.24) is 15.0 Å². The number of halogens is 5. The first kappa shape index (κ1) is 29.4. The lowest BCUT2D eigenvalue weighted by molar-refractivity contribution is -0.138. The van der Waals surface area contributed by atoms with Crippen LogP contribution in [0.3, 0.4) is 0 Å². The number of hydrogen-bond donors (Lipinski definition) is 5. The van der Waals surface area contributed by atoms with E-state index in [0.717, 1.165) is 22.9 Å². The third-order valence-electron chi connectivity index (χ3n) is 7.10.